The first-order chi connectivity index (χ1) is 12.0. The quantitative estimate of drug-likeness (QED) is 0.519. The molecule has 0 aliphatic heterocycles. The summed E-state index contributed by atoms with van der Waals surface area (Å²) in [6, 6.07) is 0. The second-order valence-electron chi connectivity index (χ2n) is 10.4. The van der Waals surface area contributed by atoms with Crippen LogP contribution < -0.4 is 0 Å². The van der Waals surface area contributed by atoms with Gasteiger partial charge in [0, 0.05) is 0 Å². The van der Waals surface area contributed by atoms with Crippen LogP contribution in [0.5, 0.6) is 0 Å². The maximum absolute atomic E-state index is 5.26. The van der Waals surface area contributed by atoms with Crippen molar-refractivity contribution in [2.75, 3.05) is 6.61 Å². The van der Waals surface area contributed by atoms with Gasteiger partial charge in [0.2, 0.25) is 0 Å². The molecule has 0 N–H and O–H groups in total. The predicted octanol–water partition coefficient (Wildman–Crippen LogP) is 6.67. The summed E-state index contributed by atoms with van der Waals surface area (Å²) in [6.07, 6.45) is 15.6. The summed E-state index contributed by atoms with van der Waals surface area (Å²) in [6.45, 7) is 10.4. The highest BCUT2D eigenvalue weighted by molar-refractivity contribution is 5.16. The van der Waals surface area contributed by atoms with E-state index in [1.807, 2.05) is 0 Å². The van der Waals surface area contributed by atoms with Crippen LogP contribution in [0.1, 0.15) is 84.5 Å². The van der Waals surface area contributed by atoms with Crippen LogP contribution in [0, 0.1) is 47.5 Å². The van der Waals surface area contributed by atoms with Gasteiger partial charge < -0.3 is 4.74 Å². The summed E-state index contributed by atoms with van der Waals surface area (Å²) in [5.74, 6) is 4.66. The summed E-state index contributed by atoms with van der Waals surface area (Å²) < 4.78 is 4.84. The molecule has 140 valence electrons. The monoisotopic (exact) mass is 342 g/mol. The molecule has 0 heterocycles. The zero-order valence-electron chi connectivity index (χ0n) is 16.6. The molecule has 1 heteroatoms. The second kappa shape index (κ2) is 6.70. The van der Waals surface area contributed by atoms with E-state index < -0.39 is 0 Å². The van der Waals surface area contributed by atoms with Crippen molar-refractivity contribution in [3.63, 3.8) is 0 Å². The third-order valence-electron chi connectivity index (χ3n) is 9.62. The first kappa shape index (κ1) is 18.1. The topological polar surface area (TPSA) is 9.23 Å². The molecular formula is C24H38O. The average molecular weight is 343 g/mol. The fourth-order valence-corrected chi connectivity index (χ4v) is 8.33. The zero-order chi connectivity index (χ0) is 17.7. The van der Waals surface area contributed by atoms with Gasteiger partial charge in [0.15, 0.2) is 0 Å². The Hall–Kier alpha value is -0.300. The van der Waals surface area contributed by atoms with Crippen molar-refractivity contribution in [3.8, 4) is 0 Å². The highest BCUT2D eigenvalue weighted by atomic mass is 16.5. The van der Waals surface area contributed by atoms with Gasteiger partial charge >= 0.3 is 0 Å². The molecule has 4 rings (SSSR count). The zero-order valence-corrected chi connectivity index (χ0v) is 16.6. The molecule has 0 aromatic rings. The van der Waals surface area contributed by atoms with Gasteiger partial charge in [-0.05, 0) is 98.2 Å². The fraction of sp³-hybridized carbons (Fsp3) is 0.875. The van der Waals surface area contributed by atoms with E-state index in [9.17, 15) is 0 Å². The van der Waals surface area contributed by atoms with Crippen LogP contribution in [0.15, 0.2) is 12.2 Å². The van der Waals surface area contributed by atoms with Crippen molar-refractivity contribution in [3.05, 3.63) is 19.3 Å². The van der Waals surface area contributed by atoms with Crippen LogP contribution in [0.2, 0.25) is 0 Å². The lowest BCUT2D eigenvalue weighted by atomic mass is 9.44. The summed E-state index contributed by atoms with van der Waals surface area (Å²) in [4.78, 5) is 0. The second-order valence-corrected chi connectivity index (χ2v) is 10.4. The van der Waals surface area contributed by atoms with Gasteiger partial charge in [0.25, 0.3) is 0 Å². The van der Waals surface area contributed by atoms with Crippen LogP contribution in [0.4, 0.5) is 0 Å². The minimum absolute atomic E-state index is 0.491. The molecule has 0 amide bonds. The summed E-state index contributed by atoms with van der Waals surface area (Å²) in [7, 11) is 5.26. The van der Waals surface area contributed by atoms with Gasteiger partial charge in [-0.1, -0.05) is 38.8 Å². The molecule has 0 saturated heterocycles. The molecular weight excluding hydrogens is 304 g/mol. The third-order valence-corrected chi connectivity index (χ3v) is 9.62. The largest absolute Gasteiger partial charge is 0.372 e. The normalized spacial score (nSPS) is 49.2. The van der Waals surface area contributed by atoms with Crippen LogP contribution in [-0.4, -0.2) is 6.61 Å². The molecule has 25 heavy (non-hydrogen) atoms. The van der Waals surface area contributed by atoms with Crippen LogP contribution in [-0.2, 0) is 4.74 Å². The van der Waals surface area contributed by atoms with E-state index in [1.165, 1.54) is 69.8 Å². The lowest BCUT2D eigenvalue weighted by molar-refractivity contribution is -0.108. The summed E-state index contributed by atoms with van der Waals surface area (Å²) >= 11 is 0. The van der Waals surface area contributed by atoms with Crippen molar-refractivity contribution in [1.29, 1.82) is 0 Å². The maximum Gasteiger partial charge on any atom is 0.115 e. The number of fused-ring (bicyclic) bond motifs is 5. The lowest BCUT2D eigenvalue weighted by Crippen LogP contribution is -2.52. The average Bonchev–Trinajstić information content (AvgIpc) is 2.96. The molecule has 4 aliphatic rings. The number of hydrogen-bond donors (Lipinski definition) is 0. The van der Waals surface area contributed by atoms with Crippen molar-refractivity contribution in [2.45, 2.75) is 84.5 Å². The molecule has 4 fully saturated rings. The van der Waals surface area contributed by atoms with E-state index in [2.05, 4.69) is 20.4 Å². The molecule has 0 spiro atoms. The van der Waals surface area contributed by atoms with Crippen molar-refractivity contribution in [2.24, 2.45) is 40.4 Å². The van der Waals surface area contributed by atoms with Gasteiger partial charge in [-0.25, -0.2) is 0 Å². The van der Waals surface area contributed by atoms with Crippen molar-refractivity contribution >= 4 is 0 Å². The van der Waals surface area contributed by atoms with Crippen LogP contribution >= 0.6 is 0 Å². The Morgan fingerprint density at radius 1 is 0.960 bits per heavy atom. The van der Waals surface area contributed by atoms with E-state index in [1.54, 1.807) is 0 Å². The Balaban J connectivity index is 1.54. The molecule has 1 nitrogen and oxygen atoms in total. The smallest absolute Gasteiger partial charge is 0.115 e. The number of hydrogen-bond acceptors (Lipinski definition) is 1. The van der Waals surface area contributed by atoms with Crippen molar-refractivity contribution in [1.82, 2.24) is 0 Å². The van der Waals surface area contributed by atoms with E-state index in [0.29, 0.717) is 23.4 Å². The number of rotatable bonds is 4. The first-order valence-corrected chi connectivity index (χ1v) is 11.0. The Morgan fingerprint density at radius 3 is 2.56 bits per heavy atom. The van der Waals surface area contributed by atoms with Gasteiger partial charge in [0.1, 0.15) is 7.11 Å². The SMILES string of the molecule is [CH]OCCC(=C)[C@H]1CCC2C3CCC4CCCC[C@]4(C)C3CC[C@@]21C. The summed E-state index contributed by atoms with van der Waals surface area (Å²) in [5, 5.41) is 0. The Bertz CT molecular complexity index is 510. The maximum atomic E-state index is 5.26. The molecule has 2 radical (unpaired) electrons. The Labute approximate surface area is 156 Å². The third kappa shape index (κ3) is 2.75. The van der Waals surface area contributed by atoms with Crippen LogP contribution in [0.25, 0.3) is 0 Å². The van der Waals surface area contributed by atoms with Gasteiger partial charge in [-0.3, -0.25) is 0 Å². The molecule has 4 aliphatic carbocycles. The molecule has 0 aromatic carbocycles. The fourth-order valence-electron chi connectivity index (χ4n) is 8.33. The molecule has 0 aromatic heterocycles. The highest BCUT2D eigenvalue weighted by Crippen LogP contribution is 2.68. The van der Waals surface area contributed by atoms with E-state index >= 15 is 0 Å². The number of ether oxygens (including phenoxy) is 1. The predicted molar refractivity (Wildman–Crippen MR) is 104 cm³/mol. The standard InChI is InChI=1S/C24H38O/c1-17(13-16-25-4)20-10-11-21-19-9-8-18-7-5-6-14-23(18,2)22(19)12-15-24(20,21)3/h4,18-22H,1,5-16H2,2-3H3/t18?,19?,20-,21?,22?,23+,24-/m1/s1. The molecule has 4 unspecified atom stereocenters. The summed E-state index contributed by atoms with van der Waals surface area (Å²) in [5.41, 5.74) is 2.56. The van der Waals surface area contributed by atoms with Crippen LogP contribution in [0.3, 0.4) is 0 Å². The minimum Gasteiger partial charge on any atom is -0.372 e. The Morgan fingerprint density at radius 2 is 1.76 bits per heavy atom. The molecule has 0 bridgehead atoms. The van der Waals surface area contributed by atoms with E-state index in [4.69, 9.17) is 11.8 Å². The van der Waals surface area contributed by atoms with Gasteiger partial charge in [-0.2, -0.15) is 0 Å². The molecule has 7 atom stereocenters. The first-order valence-electron chi connectivity index (χ1n) is 11.0. The van der Waals surface area contributed by atoms with Gasteiger partial charge in [0.05, 0.1) is 6.61 Å². The highest BCUT2D eigenvalue weighted by Gasteiger charge is 2.59. The van der Waals surface area contributed by atoms with E-state index in [0.717, 1.165) is 30.1 Å². The van der Waals surface area contributed by atoms with Crippen molar-refractivity contribution < 1.29 is 4.74 Å². The molecule has 4 saturated carbocycles. The van der Waals surface area contributed by atoms with E-state index in [-0.39, 0.29) is 0 Å². The minimum atomic E-state index is 0.491. The Kier molecular flexibility index (Phi) is 4.84. The lowest BCUT2D eigenvalue weighted by Gasteiger charge is -2.60. The van der Waals surface area contributed by atoms with Gasteiger partial charge in [-0.15, -0.1) is 0 Å².